The van der Waals surface area contributed by atoms with E-state index >= 15 is 0 Å². The van der Waals surface area contributed by atoms with Gasteiger partial charge >= 0.3 is 0 Å². The second-order valence-electron chi connectivity index (χ2n) is 5.31. The fraction of sp³-hybridized carbons (Fsp3) is 0.647. The molecular weight excluding hydrogens is 218 g/mol. The van der Waals surface area contributed by atoms with Crippen LogP contribution in [0.3, 0.4) is 0 Å². The van der Waals surface area contributed by atoms with Crippen molar-refractivity contribution in [3.8, 4) is 0 Å². The molecule has 0 heterocycles. The molecule has 0 saturated heterocycles. The fourth-order valence-corrected chi connectivity index (χ4v) is 2.40. The predicted molar refractivity (Wildman–Crippen MR) is 81.2 cm³/mol. The Bertz CT molecular complexity index is 309. The summed E-state index contributed by atoms with van der Waals surface area (Å²) in [6, 6.07) is 9.02. The molecule has 1 unspecified atom stereocenters. The molecule has 1 nitrogen and oxygen atoms in total. The Labute approximate surface area is 113 Å². The molecule has 0 radical (unpaired) electrons. The molecule has 1 heteroatoms. The zero-order valence-corrected chi connectivity index (χ0v) is 12.3. The molecule has 0 saturated carbocycles. The second-order valence-corrected chi connectivity index (χ2v) is 5.31. The lowest BCUT2D eigenvalue weighted by atomic mass is 9.92. The number of aryl methyl sites for hydroxylation is 1. The number of benzene rings is 1. The van der Waals surface area contributed by atoms with Gasteiger partial charge in [-0.3, -0.25) is 0 Å². The van der Waals surface area contributed by atoms with Crippen LogP contribution in [0, 0.1) is 6.92 Å². The molecule has 0 fully saturated rings. The lowest BCUT2D eigenvalue weighted by Crippen LogP contribution is -2.22. The Morgan fingerprint density at radius 2 is 1.94 bits per heavy atom. The van der Waals surface area contributed by atoms with Gasteiger partial charge in [0.05, 0.1) is 0 Å². The smallest absolute Gasteiger partial charge is 0.00201 e. The first-order valence-corrected chi connectivity index (χ1v) is 7.55. The van der Waals surface area contributed by atoms with Crippen molar-refractivity contribution < 1.29 is 0 Å². The minimum absolute atomic E-state index is 0.683. The topological polar surface area (TPSA) is 12.0 Å². The molecule has 0 aliphatic rings. The molecule has 1 N–H and O–H groups in total. The molecule has 1 aromatic rings. The van der Waals surface area contributed by atoms with Gasteiger partial charge in [0.15, 0.2) is 0 Å². The van der Waals surface area contributed by atoms with Crippen molar-refractivity contribution in [1.29, 1.82) is 0 Å². The van der Waals surface area contributed by atoms with Crippen molar-refractivity contribution in [3.05, 3.63) is 35.4 Å². The number of hydrogen-bond donors (Lipinski definition) is 1. The Morgan fingerprint density at radius 3 is 2.61 bits per heavy atom. The van der Waals surface area contributed by atoms with Crippen LogP contribution in [0.5, 0.6) is 0 Å². The summed E-state index contributed by atoms with van der Waals surface area (Å²) in [6.07, 6.45) is 6.55. The van der Waals surface area contributed by atoms with Crippen LogP contribution in [0.15, 0.2) is 24.3 Å². The molecular formula is C17H29N. The van der Waals surface area contributed by atoms with Crippen LogP contribution in [0.1, 0.15) is 63.0 Å². The van der Waals surface area contributed by atoms with Crippen LogP contribution in [-0.4, -0.2) is 13.1 Å². The summed E-state index contributed by atoms with van der Waals surface area (Å²) in [4.78, 5) is 0. The van der Waals surface area contributed by atoms with E-state index in [4.69, 9.17) is 0 Å². The van der Waals surface area contributed by atoms with E-state index in [-0.39, 0.29) is 0 Å². The summed E-state index contributed by atoms with van der Waals surface area (Å²) in [5, 5.41) is 3.58. The molecule has 0 bridgehead atoms. The molecule has 0 spiro atoms. The Kier molecular flexibility index (Phi) is 7.75. The lowest BCUT2D eigenvalue weighted by molar-refractivity contribution is 0.519. The fourth-order valence-electron chi connectivity index (χ4n) is 2.40. The van der Waals surface area contributed by atoms with Gasteiger partial charge in [-0.05, 0) is 37.8 Å². The van der Waals surface area contributed by atoms with Gasteiger partial charge in [-0.25, -0.2) is 0 Å². The summed E-state index contributed by atoms with van der Waals surface area (Å²) in [5.41, 5.74) is 2.89. The van der Waals surface area contributed by atoms with Gasteiger partial charge in [-0.2, -0.15) is 0 Å². The third-order valence-corrected chi connectivity index (χ3v) is 3.49. The van der Waals surface area contributed by atoms with Gasteiger partial charge in [0.2, 0.25) is 0 Å². The van der Waals surface area contributed by atoms with E-state index < -0.39 is 0 Å². The molecule has 0 amide bonds. The monoisotopic (exact) mass is 247 g/mol. The van der Waals surface area contributed by atoms with Crippen molar-refractivity contribution in [2.75, 3.05) is 13.1 Å². The second kappa shape index (κ2) is 9.16. The predicted octanol–water partition coefficient (Wildman–Crippen LogP) is 4.66. The quantitative estimate of drug-likeness (QED) is 0.626. The SMILES string of the molecule is CCCCCC(CNCCC)c1cccc(C)c1. The van der Waals surface area contributed by atoms with Crippen molar-refractivity contribution in [2.45, 2.75) is 58.8 Å². The zero-order valence-electron chi connectivity index (χ0n) is 12.3. The maximum Gasteiger partial charge on any atom is 0.00201 e. The van der Waals surface area contributed by atoms with Crippen molar-refractivity contribution >= 4 is 0 Å². The zero-order chi connectivity index (χ0) is 13.2. The normalized spacial score (nSPS) is 12.6. The molecule has 18 heavy (non-hydrogen) atoms. The van der Waals surface area contributed by atoms with Crippen LogP contribution in [-0.2, 0) is 0 Å². The van der Waals surface area contributed by atoms with E-state index in [1.165, 1.54) is 43.2 Å². The average Bonchev–Trinajstić information content (AvgIpc) is 2.37. The summed E-state index contributed by atoms with van der Waals surface area (Å²) in [6.45, 7) is 8.95. The molecule has 1 rings (SSSR count). The molecule has 102 valence electrons. The highest BCUT2D eigenvalue weighted by Crippen LogP contribution is 2.22. The maximum atomic E-state index is 3.58. The van der Waals surface area contributed by atoms with Gasteiger partial charge in [-0.1, -0.05) is 62.9 Å². The van der Waals surface area contributed by atoms with Crippen LogP contribution in [0.4, 0.5) is 0 Å². The largest absolute Gasteiger partial charge is 0.316 e. The van der Waals surface area contributed by atoms with Gasteiger partial charge < -0.3 is 5.32 Å². The van der Waals surface area contributed by atoms with Gasteiger partial charge in [0.25, 0.3) is 0 Å². The first kappa shape index (κ1) is 15.2. The van der Waals surface area contributed by atoms with Crippen LogP contribution in [0.25, 0.3) is 0 Å². The molecule has 0 aromatic heterocycles. The van der Waals surface area contributed by atoms with Crippen LogP contribution < -0.4 is 5.32 Å². The van der Waals surface area contributed by atoms with Crippen molar-refractivity contribution in [1.82, 2.24) is 5.32 Å². The van der Waals surface area contributed by atoms with Gasteiger partial charge in [-0.15, -0.1) is 0 Å². The summed E-state index contributed by atoms with van der Waals surface area (Å²) < 4.78 is 0. The Balaban J connectivity index is 2.57. The number of unbranched alkanes of at least 4 members (excludes halogenated alkanes) is 2. The first-order chi connectivity index (χ1) is 8.77. The van der Waals surface area contributed by atoms with Gasteiger partial charge in [0.1, 0.15) is 0 Å². The molecule has 1 atom stereocenters. The summed E-state index contributed by atoms with van der Waals surface area (Å²) in [5.74, 6) is 0.683. The summed E-state index contributed by atoms with van der Waals surface area (Å²) in [7, 11) is 0. The van der Waals surface area contributed by atoms with Gasteiger partial charge in [0, 0.05) is 6.54 Å². The van der Waals surface area contributed by atoms with E-state index in [2.05, 4.69) is 50.4 Å². The van der Waals surface area contributed by atoms with E-state index in [0.717, 1.165) is 13.1 Å². The van der Waals surface area contributed by atoms with Crippen molar-refractivity contribution in [3.63, 3.8) is 0 Å². The van der Waals surface area contributed by atoms with Crippen LogP contribution >= 0.6 is 0 Å². The number of nitrogens with one attached hydrogen (secondary N) is 1. The number of rotatable bonds is 9. The van der Waals surface area contributed by atoms with E-state index in [1.54, 1.807) is 0 Å². The van der Waals surface area contributed by atoms with E-state index in [9.17, 15) is 0 Å². The minimum Gasteiger partial charge on any atom is -0.316 e. The highest BCUT2D eigenvalue weighted by atomic mass is 14.8. The molecule has 0 aliphatic carbocycles. The van der Waals surface area contributed by atoms with E-state index in [1.807, 2.05) is 0 Å². The minimum atomic E-state index is 0.683. The third kappa shape index (κ3) is 5.68. The highest BCUT2D eigenvalue weighted by molar-refractivity contribution is 5.25. The Hall–Kier alpha value is -0.820. The Morgan fingerprint density at radius 1 is 1.11 bits per heavy atom. The lowest BCUT2D eigenvalue weighted by Gasteiger charge is -2.18. The van der Waals surface area contributed by atoms with Crippen molar-refractivity contribution in [2.24, 2.45) is 0 Å². The van der Waals surface area contributed by atoms with E-state index in [0.29, 0.717) is 5.92 Å². The standard InChI is InChI=1S/C17H29N/c1-4-6-7-10-17(14-18-12-5-2)16-11-8-9-15(3)13-16/h8-9,11,13,17-18H,4-7,10,12,14H2,1-3H3. The maximum absolute atomic E-state index is 3.58. The average molecular weight is 247 g/mol. The third-order valence-electron chi connectivity index (χ3n) is 3.49. The first-order valence-electron chi connectivity index (χ1n) is 7.55. The summed E-state index contributed by atoms with van der Waals surface area (Å²) >= 11 is 0. The molecule has 0 aliphatic heterocycles. The highest BCUT2D eigenvalue weighted by Gasteiger charge is 2.10. The number of hydrogen-bond acceptors (Lipinski definition) is 1. The van der Waals surface area contributed by atoms with Crippen LogP contribution in [0.2, 0.25) is 0 Å². The molecule has 1 aromatic carbocycles.